The van der Waals surface area contributed by atoms with Crippen molar-refractivity contribution >= 4 is 11.6 Å². The number of hydrogen-bond acceptors (Lipinski definition) is 6. The summed E-state index contributed by atoms with van der Waals surface area (Å²) in [5, 5.41) is 8.07. The van der Waals surface area contributed by atoms with Crippen molar-refractivity contribution in [3.8, 4) is 11.6 Å². The van der Waals surface area contributed by atoms with Crippen molar-refractivity contribution in [1.82, 2.24) is 24.9 Å². The van der Waals surface area contributed by atoms with Gasteiger partial charge < -0.3 is 15.4 Å². The van der Waals surface area contributed by atoms with Crippen molar-refractivity contribution in [2.75, 3.05) is 12.3 Å². The van der Waals surface area contributed by atoms with Crippen molar-refractivity contribution < 1.29 is 13.9 Å². The lowest BCUT2D eigenvalue weighted by Gasteiger charge is -2.38. The molecule has 0 radical (unpaired) electrons. The zero-order valence-corrected chi connectivity index (χ0v) is 15.9. The largest absolute Gasteiger partial charge is 0.472 e. The standard InChI is InChI=1S/C20H21FN6O2/c1-13-5-6-15(29-18-11-14(22)7-8-23-18)12-26(13)20(28)19-16(21)3-2-4-17(19)27-24-9-10-25-27/h2-4,7-11,13,15H,5-6,12H2,1H3,(H2,22,23). The highest BCUT2D eigenvalue weighted by Crippen LogP contribution is 2.26. The van der Waals surface area contributed by atoms with E-state index in [0.29, 0.717) is 23.8 Å². The summed E-state index contributed by atoms with van der Waals surface area (Å²) in [5.74, 6) is -0.626. The number of rotatable bonds is 4. The van der Waals surface area contributed by atoms with Crippen LogP contribution in [0.1, 0.15) is 30.1 Å². The van der Waals surface area contributed by atoms with E-state index in [4.69, 9.17) is 10.5 Å². The second-order valence-corrected chi connectivity index (χ2v) is 7.00. The van der Waals surface area contributed by atoms with Crippen LogP contribution in [-0.2, 0) is 0 Å². The Labute approximate surface area is 167 Å². The first kappa shape index (κ1) is 18.9. The third kappa shape index (κ3) is 3.89. The molecule has 0 bridgehead atoms. The van der Waals surface area contributed by atoms with E-state index in [1.165, 1.54) is 29.3 Å². The number of pyridine rings is 1. The molecule has 1 aliphatic heterocycles. The van der Waals surface area contributed by atoms with Crippen LogP contribution < -0.4 is 10.5 Å². The molecule has 0 spiro atoms. The van der Waals surface area contributed by atoms with E-state index in [9.17, 15) is 9.18 Å². The van der Waals surface area contributed by atoms with Gasteiger partial charge in [-0.15, -0.1) is 0 Å². The van der Waals surface area contributed by atoms with Gasteiger partial charge in [0.15, 0.2) is 0 Å². The van der Waals surface area contributed by atoms with Gasteiger partial charge in [0, 0.05) is 24.0 Å². The maximum atomic E-state index is 14.7. The summed E-state index contributed by atoms with van der Waals surface area (Å²) in [7, 11) is 0. The molecule has 1 aromatic carbocycles. The van der Waals surface area contributed by atoms with E-state index in [-0.39, 0.29) is 17.7 Å². The molecule has 3 heterocycles. The first-order valence-electron chi connectivity index (χ1n) is 9.37. The Hall–Kier alpha value is -3.49. The highest BCUT2D eigenvalue weighted by atomic mass is 19.1. The fourth-order valence-electron chi connectivity index (χ4n) is 3.49. The van der Waals surface area contributed by atoms with E-state index in [0.717, 1.165) is 12.8 Å². The fraction of sp³-hybridized carbons (Fsp3) is 0.300. The summed E-state index contributed by atoms with van der Waals surface area (Å²) in [6, 6.07) is 7.67. The number of aromatic nitrogens is 4. The van der Waals surface area contributed by atoms with Crippen LogP contribution >= 0.6 is 0 Å². The minimum Gasteiger partial charge on any atom is -0.472 e. The minimum atomic E-state index is -0.613. The number of carbonyl (C=O) groups is 1. The Kier molecular flexibility index (Phi) is 5.11. The lowest BCUT2D eigenvalue weighted by molar-refractivity contribution is 0.0369. The Bertz CT molecular complexity index is 1010. The summed E-state index contributed by atoms with van der Waals surface area (Å²) < 4.78 is 20.6. The Morgan fingerprint density at radius 1 is 1.21 bits per heavy atom. The van der Waals surface area contributed by atoms with E-state index < -0.39 is 11.7 Å². The molecule has 1 amide bonds. The molecule has 29 heavy (non-hydrogen) atoms. The molecule has 2 aromatic heterocycles. The average Bonchev–Trinajstić information content (AvgIpc) is 3.23. The van der Waals surface area contributed by atoms with Crippen LogP contribution in [-0.4, -0.2) is 49.5 Å². The van der Waals surface area contributed by atoms with Gasteiger partial charge >= 0.3 is 0 Å². The van der Waals surface area contributed by atoms with E-state index in [2.05, 4.69) is 15.2 Å². The Morgan fingerprint density at radius 3 is 2.76 bits per heavy atom. The smallest absolute Gasteiger partial charge is 0.259 e. The van der Waals surface area contributed by atoms with Gasteiger partial charge in [0.05, 0.1) is 18.9 Å². The number of carbonyl (C=O) groups excluding carboxylic acids is 1. The van der Waals surface area contributed by atoms with E-state index >= 15 is 0 Å². The minimum absolute atomic E-state index is 0.0571. The molecule has 1 saturated heterocycles. The lowest BCUT2D eigenvalue weighted by atomic mass is 9.99. The molecule has 0 saturated carbocycles. The average molecular weight is 396 g/mol. The molecule has 0 aliphatic carbocycles. The molecule has 4 rings (SSSR count). The van der Waals surface area contributed by atoms with Gasteiger partial charge in [-0.05, 0) is 38.0 Å². The van der Waals surface area contributed by atoms with Gasteiger partial charge in [0.1, 0.15) is 23.2 Å². The number of ether oxygens (including phenoxy) is 1. The van der Waals surface area contributed by atoms with E-state index in [1.54, 1.807) is 29.3 Å². The van der Waals surface area contributed by atoms with Crippen molar-refractivity contribution in [3.05, 3.63) is 60.3 Å². The third-order valence-electron chi connectivity index (χ3n) is 4.99. The molecular formula is C20H21FN6O2. The molecule has 2 atom stereocenters. The van der Waals surface area contributed by atoms with Crippen LogP contribution in [0.15, 0.2) is 48.9 Å². The number of hydrogen-bond donors (Lipinski definition) is 1. The number of anilines is 1. The monoisotopic (exact) mass is 396 g/mol. The molecule has 2 N–H and O–H groups in total. The van der Waals surface area contributed by atoms with Crippen molar-refractivity contribution in [1.29, 1.82) is 0 Å². The number of nitrogens with zero attached hydrogens (tertiary/aromatic N) is 5. The van der Waals surface area contributed by atoms with Gasteiger partial charge in [0.2, 0.25) is 5.88 Å². The quantitative estimate of drug-likeness (QED) is 0.727. The molecule has 150 valence electrons. The fourth-order valence-corrected chi connectivity index (χ4v) is 3.49. The Balaban J connectivity index is 1.59. The van der Waals surface area contributed by atoms with Gasteiger partial charge in [-0.3, -0.25) is 4.79 Å². The lowest BCUT2D eigenvalue weighted by Crippen LogP contribution is -2.49. The number of likely N-dealkylation sites (tertiary alicyclic amines) is 1. The van der Waals surface area contributed by atoms with Crippen LogP contribution in [0.5, 0.6) is 5.88 Å². The zero-order chi connectivity index (χ0) is 20.4. The number of nitrogens with two attached hydrogens (primary N) is 1. The van der Waals surface area contributed by atoms with Gasteiger partial charge in [0.25, 0.3) is 5.91 Å². The highest BCUT2D eigenvalue weighted by Gasteiger charge is 2.33. The first-order valence-corrected chi connectivity index (χ1v) is 9.37. The molecule has 8 nitrogen and oxygen atoms in total. The number of benzene rings is 1. The summed E-state index contributed by atoms with van der Waals surface area (Å²) in [6.45, 7) is 2.26. The maximum absolute atomic E-state index is 14.7. The molecule has 3 aromatic rings. The van der Waals surface area contributed by atoms with Crippen molar-refractivity contribution in [3.63, 3.8) is 0 Å². The van der Waals surface area contributed by atoms with Crippen LogP contribution in [0, 0.1) is 5.82 Å². The van der Waals surface area contributed by atoms with Crippen LogP contribution in [0.3, 0.4) is 0 Å². The van der Waals surface area contributed by atoms with Crippen LogP contribution in [0.2, 0.25) is 0 Å². The maximum Gasteiger partial charge on any atom is 0.259 e. The van der Waals surface area contributed by atoms with Gasteiger partial charge in [-0.2, -0.15) is 15.0 Å². The highest BCUT2D eigenvalue weighted by molar-refractivity contribution is 5.98. The number of piperidine rings is 1. The van der Waals surface area contributed by atoms with E-state index in [1.807, 2.05) is 6.92 Å². The summed E-state index contributed by atoms with van der Waals surface area (Å²) >= 11 is 0. The number of nitrogen functional groups attached to an aromatic ring is 1. The summed E-state index contributed by atoms with van der Waals surface area (Å²) in [4.78, 5) is 20.4. The SMILES string of the molecule is CC1CCC(Oc2cc(N)ccn2)CN1C(=O)c1c(F)cccc1-n1nccn1. The second-order valence-electron chi connectivity index (χ2n) is 7.00. The number of halogens is 1. The van der Waals surface area contributed by atoms with Crippen molar-refractivity contribution in [2.24, 2.45) is 0 Å². The summed E-state index contributed by atoms with van der Waals surface area (Å²) in [6.07, 6.45) is 5.75. The van der Waals surface area contributed by atoms with Crippen LogP contribution in [0.25, 0.3) is 5.69 Å². The Morgan fingerprint density at radius 2 is 2.00 bits per heavy atom. The van der Waals surface area contributed by atoms with Gasteiger partial charge in [-0.25, -0.2) is 9.37 Å². The summed E-state index contributed by atoms with van der Waals surface area (Å²) in [5.41, 5.74) is 6.57. The topological polar surface area (TPSA) is 99.2 Å². The first-order chi connectivity index (χ1) is 14.0. The predicted molar refractivity (Wildman–Crippen MR) is 104 cm³/mol. The van der Waals surface area contributed by atoms with Gasteiger partial charge in [-0.1, -0.05) is 6.07 Å². The van der Waals surface area contributed by atoms with Crippen molar-refractivity contribution in [2.45, 2.75) is 31.9 Å². The molecule has 9 heteroatoms. The molecular weight excluding hydrogens is 375 g/mol. The molecule has 1 aliphatic rings. The number of amides is 1. The molecule has 1 fully saturated rings. The second kappa shape index (κ2) is 7.86. The molecule has 2 unspecified atom stereocenters. The normalized spacial score (nSPS) is 19.2. The zero-order valence-electron chi connectivity index (χ0n) is 15.9. The van der Waals surface area contributed by atoms with Crippen LogP contribution in [0.4, 0.5) is 10.1 Å². The predicted octanol–water partition coefficient (Wildman–Crippen LogP) is 2.46. The third-order valence-corrected chi connectivity index (χ3v) is 4.99.